The molecule has 0 saturated carbocycles. The van der Waals surface area contributed by atoms with Crippen molar-refractivity contribution in [2.24, 2.45) is 0 Å². The Bertz CT molecular complexity index is 366. The molecular formula is C10H12Cl2N2O. The summed E-state index contributed by atoms with van der Waals surface area (Å²) in [5, 5.41) is 3.62. The fourth-order valence-electron chi connectivity index (χ4n) is 1.06. The van der Waals surface area contributed by atoms with Gasteiger partial charge in [0.05, 0.1) is 16.6 Å². The maximum atomic E-state index is 11.4. The van der Waals surface area contributed by atoms with E-state index < -0.39 is 0 Å². The van der Waals surface area contributed by atoms with Crippen LogP contribution in [0.2, 0.25) is 10.0 Å². The molecule has 3 nitrogen and oxygen atoms in total. The third kappa shape index (κ3) is 4.08. The smallest absolute Gasteiger partial charge is 0.238 e. The molecule has 0 aliphatic carbocycles. The van der Waals surface area contributed by atoms with Crippen molar-refractivity contribution >= 4 is 34.8 Å². The second-order valence-electron chi connectivity index (χ2n) is 3.41. The minimum absolute atomic E-state index is 0.0848. The van der Waals surface area contributed by atoms with Crippen molar-refractivity contribution in [1.82, 2.24) is 4.90 Å². The summed E-state index contributed by atoms with van der Waals surface area (Å²) < 4.78 is 0. The number of carbonyl (C=O) groups is 1. The van der Waals surface area contributed by atoms with Crippen molar-refractivity contribution in [3.8, 4) is 0 Å². The summed E-state index contributed by atoms with van der Waals surface area (Å²) in [5.41, 5.74) is 0.649. The van der Waals surface area contributed by atoms with Crippen LogP contribution in [-0.2, 0) is 4.79 Å². The van der Waals surface area contributed by atoms with Gasteiger partial charge in [-0.25, -0.2) is 0 Å². The quantitative estimate of drug-likeness (QED) is 0.889. The van der Waals surface area contributed by atoms with E-state index in [-0.39, 0.29) is 5.91 Å². The van der Waals surface area contributed by atoms with Gasteiger partial charge in [0, 0.05) is 5.69 Å². The molecule has 0 aliphatic heterocycles. The molecule has 0 fully saturated rings. The molecule has 1 aromatic carbocycles. The number of nitrogens with zero attached hydrogens (tertiary/aromatic N) is 1. The van der Waals surface area contributed by atoms with Crippen LogP contribution in [0.25, 0.3) is 0 Å². The molecule has 0 spiro atoms. The predicted octanol–water partition coefficient (Wildman–Crippen LogP) is 2.49. The minimum Gasteiger partial charge on any atom is -0.325 e. The molecule has 0 saturated heterocycles. The van der Waals surface area contributed by atoms with E-state index in [1.54, 1.807) is 23.1 Å². The van der Waals surface area contributed by atoms with Crippen LogP contribution in [0, 0.1) is 0 Å². The van der Waals surface area contributed by atoms with E-state index in [0.717, 1.165) is 0 Å². The molecule has 0 heterocycles. The number of likely N-dealkylation sites (N-methyl/N-ethyl adjacent to an activating group) is 1. The van der Waals surface area contributed by atoms with Crippen LogP contribution in [0.15, 0.2) is 18.2 Å². The zero-order valence-electron chi connectivity index (χ0n) is 8.55. The first kappa shape index (κ1) is 12.3. The van der Waals surface area contributed by atoms with Gasteiger partial charge in [0.25, 0.3) is 0 Å². The first-order chi connectivity index (χ1) is 6.99. The predicted molar refractivity (Wildman–Crippen MR) is 63.6 cm³/mol. The normalized spacial score (nSPS) is 10.5. The van der Waals surface area contributed by atoms with E-state index in [2.05, 4.69) is 5.32 Å². The Morgan fingerprint density at radius 1 is 1.33 bits per heavy atom. The number of hydrogen-bond donors (Lipinski definition) is 1. The standard InChI is InChI=1S/C10H12Cl2N2O/c1-14(2)6-10(15)13-7-3-4-8(11)9(12)5-7/h3-5H,6H2,1-2H3,(H,13,15). The highest BCUT2D eigenvalue weighted by atomic mass is 35.5. The van der Waals surface area contributed by atoms with Gasteiger partial charge in [-0.15, -0.1) is 0 Å². The van der Waals surface area contributed by atoms with Gasteiger partial charge >= 0.3 is 0 Å². The van der Waals surface area contributed by atoms with Crippen molar-refractivity contribution in [2.75, 3.05) is 26.0 Å². The summed E-state index contributed by atoms with van der Waals surface area (Å²) >= 11 is 11.6. The van der Waals surface area contributed by atoms with E-state index in [4.69, 9.17) is 23.2 Å². The van der Waals surface area contributed by atoms with Crippen LogP contribution in [0.1, 0.15) is 0 Å². The number of anilines is 1. The monoisotopic (exact) mass is 246 g/mol. The van der Waals surface area contributed by atoms with Gasteiger partial charge < -0.3 is 10.2 Å². The molecular weight excluding hydrogens is 235 g/mol. The first-order valence-electron chi connectivity index (χ1n) is 4.38. The number of carbonyl (C=O) groups excluding carboxylic acids is 1. The zero-order chi connectivity index (χ0) is 11.4. The summed E-state index contributed by atoms with van der Waals surface area (Å²) in [6.07, 6.45) is 0. The lowest BCUT2D eigenvalue weighted by molar-refractivity contribution is -0.116. The van der Waals surface area contributed by atoms with Crippen molar-refractivity contribution < 1.29 is 4.79 Å². The minimum atomic E-state index is -0.0848. The number of nitrogens with one attached hydrogen (secondary N) is 1. The third-order valence-electron chi connectivity index (χ3n) is 1.66. The number of rotatable bonds is 3. The summed E-state index contributed by atoms with van der Waals surface area (Å²) in [6, 6.07) is 4.98. The number of halogens is 2. The van der Waals surface area contributed by atoms with E-state index in [1.165, 1.54) is 0 Å². The summed E-state index contributed by atoms with van der Waals surface area (Å²) in [4.78, 5) is 13.2. The number of hydrogen-bond acceptors (Lipinski definition) is 2. The van der Waals surface area contributed by atoms with Crippen LogP contribution < -0.4 is 5.32 Å². The van der Waals surface area contributed by atoms with Gasteiger partial charge in [-0.2, -0.15) is 0 Å². The van der Waals surface area contributed by atoms with E-state index >= 15 is 0 Å². The second-order valence-corrected chi connectivity index (χ2v) is 4.23. The van der Waals surface area contributed by atoms with Gasteiger partial charge in [0.2, 0.25) is 5.91 Å². The summed E-state index contributed by atoms with van der Waals surface area (Å²) in [6.45, 7) is 0.334. The Hall–Kier alpha value is -0.770. The molecule has 0 aromatic heterocycles. The van der Waals surface area contributed by atoms with Crippen LogP contribution in [0.4, 0.5) is 5.69 Å². The molecule has 0 aliphatic rings. The van der Waals surface area contributed by atoms with E-state index in [0.29, 0.717) is 22.3 Å². The molecule has 0 unspecified atom stereocenters. The second kappa shape index (κ2) is 5.35. The van der Waals surface area contributed by atoms with Crippen molar-refractivity contribution in [3.05, 3.63) is 28.2 Å². The zero-order valence-corrected chi connectivity index (χ0v) is 10.1. The Kier molecular flexibility index (Phi) is 4.39. The SMILES string of the molecule is CN(C)CC(=O)Nc1ccc(Cl)c(Cl)c1. The number of benzene rings is 1. The Morgan fingerprint density at radius 3 is 2.53 bits per heavy atom. The van der Waals surface area contributed by atoms with Crippen LogP contribution in [0.3, 0.4) is 0 Å². The highest BCUT2D eigenvalue weighted by Crippen LogP contribution is 2.24. The molecule has 0 bridgehead atoms. The van der Waals surface area contributed by atoms with E-state index in [1.807, 2.05) is 14.1 Å². The maximum absolute atomic E-state index is 11.4. The molecule has 15 heavy (non-hydrogen) atoms. The van der Waals surface area contributed by atoms with Gasteiger partial charge in [-0.3, -0.25) is 4.79 Å². The molecule has 0 radical (unpaired) electrons. The molecule has 1 amide bonds. The lowest BCUT2D eigenvalue weighted by Crippen LogP contribution is -2.27. The summed E-state index contributed by atoms with van der Waals surface area (Å²) in [7, 11) is 3.66. The largest absolute Gasteiger partial charge is 0.325 e. The number of amides is 1. The summed E-state index contributed by atoms with van der Waals surface area (Å²) in [5.74, 6) is -0.0848. The fraction of sp³-hybridized carbons (Fsp3) is 0.300. The first-order valence-corrected chi connectivity index (χ1v) is 5.14. The fourth-order valence-corrected chi connectivity index (χ4v) is 1.36. The molecule has 0 atom stereocenters. The van der Waals surface area contributed by atoms with Crippen LogP contribution in [-0.4, -0.2) is 31.4 Å². The molecule has 82 valence electrons. The molecule has 5 heteroatoms. The van der Waals surface area contributed by atoms with Crippen molar-refractivity contribution in [3.63, 3.8) is 0 Å². The topological polar surface area (TPSA) is 32.3 Å². The Labute approximate surface area is 99.0 Å². The lowest BCUT2D eigenvalue weighted by Gasteiger charge is -2.10. The van der Waals surface area contributed by atoms with Crippen LogP contribution in [0.5, 0.6) is 0 Å². The Morgan fingerprint density at radius 2 is 2.00 bits per heavy atom. The maximum Gasteiger partial charge on any atom is 0.238 e. The molecule has 1 N–H and O–H groups in total. The van der Waals surface area contributed by atoms with E-state index in [9.17, 15) is 4.79 Å². The highest BCUT2D eigenvalue weighted by molar-refractivity contribution is 6.42. The average molecular weight is 247 g/mol. The molecule has 1 rings (SSSR count). The van der Waals surface area contributed by atoms with Gasteiger partial charge in [0.15, 0.2) is 0 Å². The van der Waals surface area contributed by atoms with Crippen molar-refractivity contribution in [2.45, 2.75) is 0 Å². The highest BCUT2D eigenvalue weighted by Gasteiger charge is 2.05. The molecule has 1 aromatic rings. The van der Waals surface area contributed by atoms with Gasteiger partial charge in [-0.1, -0.05) is 23.2 Å². The average Bonchev–Trinajstić information content (AvgIpc) is 2.10. The van der Waals surface area contributed by atoms with Crippen LogP contribution >= 0.6 is 23.2 Å². The lowest BCUT2D eigenvalue weighted by atomic mass is 10.3. The van der Waals surface area contributed by atoms with Gasteiger partial charge in [-0.05, 0) is 32.3 Å². The van der Waals surface area contributed by atoms with Gasteiger partial charge in [0.1, 0.15) is 0 Å². The Balaban J connectivity index is 2.65. The van der Waals surface area contributed by atoms with Crippen molar-refractivity contribution in [1.29, 1.82) is 0 Å². The third-order valence-corrected chi connectivity index (χ3v) is 2.40.